The summed E-state index contributed by atoms with van der Waals surface area (Å²) in [7, 11) is -2.28. The average molecular weight is 259 g/mol. The van der Waals surface area contributed by atoms with Gasteiger partial charge in [-0.25, -0.2) is 17.1 Å². The van der Waals surface area contributed by atoms with E-state index < -0.39 is 15.8 Å². The Morgan fingerprint density at radius 3 is 2.24 bits per heavy atom. The van der Waals surface area contributed by atoms with Crippen LogP contribution in [-0.2, 0) is 10.0 Å². The molecule has 1 rings (SSSR count). The standard InChI is InChI=1S/C12H18FNO2S/c1-12(2,3)9-14(4)17(15,16)11-8-6-5-7-10(11)13/h5-8H,9H2,1-4H3. The van der Waals surface area contributed by atoms with Gasteiger partial charge in [-0.05, 0) is 17.5 Å². The number of benzene rings is 1. The van der Waals surface area contributed by atoms with Gasteiger partial charge in [-0.1, -0.05) is 32.9 Å². The molecule has 5 heteroatoms. The molecule has 0 aliphatic rings. The predicted molar refractivity (Wildman–Crippen MR) is 65.7 cm³/mol. The van der Waals surface area contributed by atoms with E-state index in [4.69, 9.17) is 0 Å². The molecule has 0 spiro atoms. The Morgan fingerprint density at radius 2 is 1.76 bits per heavy atom. The van der Waals surface area contributed by atoms with Crippen LogP contribution in [0.1, 0.15) is 20.8 Å². The van der Waals surface area contributed by atoms with Gasteiger partial charge in [0.2, 0.25) is 10.0 Å². The van der Waals surface area contributed by atoms with Gasteiger partial charge >= 0.3 is 0 Å². The number of hydrogen-bond acceptors (Lipinski definition) is 2. The molecule has 0 amide bonds. The van der Waals surface area contributed by atoms with E-state index >= 15 is 0 Å². The van der Waals surface area contributed by atoms with E-state index in [9.17, 15) is 12.8 Å². The maximum Gasteiger partial charge on any atom is 0.245 e. The first-order chi connectivity index (χ1) is 7.64. The van der Waals surface area contributed by atoms with Crippen molar-refractivity contribution in [1.29, 1.82) is 0 Å². The molecule has 3 nitrogen and oxygen atoms in total. The van der Waals surface area contributed by atoms with Crippen molar-refractivity contribution in [3.05, 3.63) is 30.1 Å². The van der Waals surface area contributed by atoms with Crippen LogP contribution >= 0.6 is 0 Å². The van der Waals surface area contributed by atoms with E-state index in [2.05, 4.69) is 0 Å². The Kier molecular flexibility index (Phi) is 3.94. The zero-order chi connectivity index (χ0) is 13.3. The van der Waals surface area contributed by atoms with E-state index in [-0.39, 0.29) is 10.3 Å². The zero-order valence-corrected chi connectivity index (χ0v) is 11.4. The molecule has 0 bridgehead atoms. The van der Waals surface area contributed by atoms with Gasteiger partial charge in [0.05, 0.1) is 0 Å². The van der Waals surface area contributed by atoms with Crippen molar-refractivity contribution in [3.63, 3.8) is 0 Å². The van der Waals surface area contributed by atoms with Crippen molar-refractivity contribution in [1.82, 2.24) is 4.31 Å². The summed E-state index contributed by atoms with van der Waals surface area (Å²) in [6.45, 7) is 6.13. The first-order valence-corrected chi connectivity index (χ1v) is 6.79. The van der Waals surface area contributed by atoms with E-state index in [1.54, 1.807) is 0 Å². The van der Waals surface area contributed by atoms with Gasteiger partial charge in [0.25, 0.3) is 0 Å². The molecule has 1 aromatic carbocycles. The third kappa shape index (κ3) is 3.51. The van der Waals surface area contributed by atoms with Crippen LogP contribution in [0.25, 0.3) is 0 Å². The summed E-state index contributed by atoms with van der Waals surface area (Å²) >= 11 is 0. The molecule has 1 aromatic rings. The fourth-order valence-electron chi connectivity index (χ4n) is 1.57. The largest absolute Gasteiger partial charge is 0.245 e. The number of rotatable bonds is 3. The molecular weight excluding hydrogens is 241 g/mol. The quantitative estimate of drug-likeness (QED) is 0.836. The number of hydrogen-bond donors (Lipinski definition) is 0. The Bertz CT molecular complexity index is 491. The van der Waals surface area contributed by atoms with Gasteiger partial charge in [-0.3, -0.25) is 0 Å². The van der Waals surface area contributed by atoms with Crippen LogP contribution in [0.2, 0.25) is 0 Å². The highest BCUT2D eigenvalue weighted by Crippen LogP contribution is 2.22. The van der Waals surface area contributed by atoms with E-state index in [1.165, 1.54) is 29.6 Å². The van der Waals surface area contributed by atoms with E-state index in [0.717, 1.165) is 6.07 Å². The summed E-state index contributed by atoms with van der Waals surface area (Å²) in [6.07, 6.45) is 0. The molecule has 0 radical (unpaired) electrons. The lowest BCUT2D eigenvalue weighted by molar-refractivity contribution is 0.310. The lowest BCUT2D eigenvalue weighted by atomic mass is 9.97. The van der Waals surface area contributed by atoms with Crippen molar-refractivity contribution in [3.8, 4) is 0 Å². The van der Waals surface area contributed by atoms with Gasteiger partial charge < -0.3 is 0 Å². The Hall–Kier alpha value is -0.940. The fraction of sp³-hybridized carbons (Fsp3) is 0.500. The average Bonchev–Trinajstić information content (AvgIpc) is 2.15. The molecule has 0 aliphatic heterocycles. The van der Waals surface area contributed by atoms with Crippen LogP contribution in [0.5, 0.6) is 0 Å². The van der Waals surface area contributed by atoms with Crippen LogP contribution in [-0.4, -0.2) is 26.3 Å². The summed E-state index contributed by atoms with van der Waals surface area (Å²) in [6, 6.07) is 5.42. The monoisotopic (exact) mass is 259 g/mol. The predicted octanol–water partition coefficient (Wildman–Crippen LogP) is 2.49. The molecule has 0 saturated heterocycles. The van der Waals surface area contributed by atoms with Crippen molar-refractivity contribution in [2.24, 2.45) is 5.41 Å². The second kappa shape index (κ2) is 4.74. The van der Waals surface area contributed by atoms with Crippen LogP contribution in [0.4, 0.5) is 4.39 Å². The van der Waals surface area contributed by atoms with Crippen LogP contribution in [0.3, 0.4) is 0 Å². The normalized spacial score (nSPS) is 13.1. The minimum absolute atomic E-state index is 0.174. The molecule has 0 aromatic heterocycles. The molecule has 0 aliphatic carbocycles. The maximum atomic E-state index is 13.5. The van der Waals surface area contributed by atoms with Gasteiger partial charge in [-0.2, -0.15) is 0 Å². The van der Waals surface area contributed by atoms with Gasteiger partial charge in [0, 0.05) is 13.6 Å². The summed E-state index contributed by atoms with van der Waals surface area (Å²) < 4.78 is 38.9. The highest BCUT2D eigenvalue weighted by Gasteiger charge is 2.27. The summed E-state index contributed by atoms with van der Waals surface area (Å²) in [5.41, 5.74) is -0.174. The van der Waals surface area contributed by atoms with E-state index in [0.29, 0.717) is 6.54 Å². The van der Waals surface area contributed by atoms with Crippen LogP contribution in [0, 0.1) is 11.2 Å². The maximum absolute atomic E-state index is 13.5. The molecule has 96 valence electrons. The van der Waals surface area contributed by atoms with Gasteiger partial charge in [-0.15, -0.1) is 0 Å². The van der Waals surface area contributed by atoms with Crippen molar-refractivity contribution < 1.29 is 12.8 Å². The highest BCUT2D eigenvalue weighted by molar-refractivity contribution is 7.89. The molecular formula is C12H18FNO2S. The first-order valence-electron chi connectivity index (χ1n) is 5.35. The lowest BCUT2D eigenvalue weighted by Crippen LogP contribution is -2.34. The molecule has 0 N–H and O–H groups in total. The van der Waals surface area contributed by atoms with Crippen molar-refractivity contribution in [2.75, 3.05) is 13.6 Å². The Labute approximate surface area is 102 Å². The van der Waals surface area contributed by atoms with Crippen LogP contribution in [0.15, 0.2) is 29.2 Å². The molecule has 0 heterocycles. The molecule has 0 unspecified atom stereocenters. The van der Waals surface area contributed by atoms with Crippen LogP contribution < -0.4 is 0 Å². The van der Waals surface area contributed by atoms with Gasteiger partial charge in [0.1, 0.15) is 10.7 Å². The Balaban J connectivity index is 3.09. The number of sulfonamides is 1. The number of halogens is 1. The topological polar surface area (TPSA) is 37.4 Å². The first kappa shape index (κ1) is 14.1. The van der Waals surface area contributed by atoms with E-state index in [1.807, 2.05) is 20.8 Å². The Morgan fingerprint density at radius 1 is 1.24 bits per heavy atom. The lowest BCUT2D eigenvalue weighted by Gasteiger charge is -2.26. The third-order valence-corrected chi connectivity index (χ3v) is 4.06. The fourth-order valence-corrected chi connectivity index (χ4v) is 3.03. The minimum atomic E-state index is -3.74. The second-order valence-corrected chi connectivity index (χ2v) is 7.27. The SMILES string of the molecule is CN(CC(C)(C)C)S(=O)(=O)c1ccccc1F. The smallest absolute Gasteiger partial charge is 0.207 e. The molecule has 0 saturated carbocycles. The molecule has 0 atom stereocenters. The number of nitrogens with zero attached hydrogens (tertiary/aromatic N) is 1. The summed E-state index contributed by atoms with van der Waals surface area (Å²) in [5, 5.41) is 0. The molecule has 0 fully saturated rings. The summed E-state index contributed by atoms with van der Waals surface area (Å²) in [4.78, 5) is -0.272. The van der Waals surface area contributed by atoms with Crippen molar-refractivity contribution >= 4 is 10.0 Å². The van der Waals surface area contributed by atoms with Gasteiger partial charge in [0.15, 0.2) is 0 Å². The minimum Gasteiger partial charge on any atom is -0.207 e. The second-order valence-electron chi connectivity index (χ2n) is 5.25. The zero-order valence-electron chi connectivity index (χ0n) is 10.6. The molecule has 17 heavy (non-hydrogen) atoms. The third-order valence-electron chi connectivity index (χ3n) is 2.22. The highest BCUT2D eigenvalue weighted by atomic mass is 32.2. The summed E-state index contributed by atoms with van der Waals surface area (Å²) in [5.74, 6) is -0.715. The van der Waals surface area contributed by atoms with Crippen molar-refractivity contribution in [2.45, 2.75) is 25.7 Å².